The van der Waals surface area contributed by atoms with Gasteiger partial charge in [-0.15, -0.1) is 0 Å². The number of pyridine rings is 1. The van der Waals surface area contributed by atoms with Gasteiger partial charge in [-0.3, -0.25) is 4.79 Å². The van der Waals surface area contributed by atoms with Gasteiger partial charge in [-0.2, -0.15) is 0 Å². The summed E-state index contributed by atoms with van der Waals surface area (Å²) in [5, 5.41) is 9.99. The molecule has 5 heteroatoms. The first-order chi connectivity index (χ1) is 8.52. The molecule has 1 unspecified atom stereocenters. The average molecular weight is 250 g/mol. The average Bonchev–Trinajstić information content (AvgIpc) is 2.37. The van der Waals surface area contributed by atoms with Gasteiger partial charge in [0.15, 0.2) is 0 Å². The fourth-order valence-electron chi connectivity index (χ4n) is 2.20. The minimum atomic E-state index is -0.784. The lowest BCUT2D eigenvalue weighted by molar-refractivity contribution is -0.0107. The number of rotatable bonds is 2. The molecule has 1 N–H and O–H groups in total. The number of carbonyl (C=O) groups is 1. The summed E-state index contributed by atoms with van der Waals surface area (Å²) in [6.45, 7) is 2.82. The van der Waals surface area contributed by atoms with Gasteiger partial charge in [0.1, 0.15) is 0 Å². The molecule has 0 radical (unpaired) electrons. The number of nitrogens with zero attached hydrogens (tertiary/aromatic N) is 2. The predicted molar refractivity (Wildman–Crippen MR) is 66.6 cm³/mol. The summed E-state index contributed by atoms with van der Waals surface area (Å²) in [5.74, 6) is 0.391. The number of aromatic nitrogens is 1. The number of hydrogen-bond donors (Lipinski definition) is 1. The molecule has 2 rings (SSSR count). The van der Waals surface area contributed by atoms with Crippen molar-refractivity contribution in [2.75, 3.05) is 20.2 Å². The number of piperidine rings is 1. The molecule has 1 fully saturated rings. The molecule has 0 spiro atoms. The first-order valence-electron chi connectivity index (χ1n) is 6.03. The maximum Gasteiger partial charge on any atom is 0.255 e. The van der Waals surface area contributed by atoms with E-state index >= 15 is 0 Å². The standard InChI is InChI=1S/C13H18N2O3/c1-13(17)6-3-7-15(9-13)12(16)10-4-5-11(18-2)14-8-10/h4-5,8,17H,3,6-7,9H2,1-2H3. The lowest BCUT2D eigenvalue weighted by Gasteiger charge is -2.36. The number of β-amino-alcohol motifs (C(OH)–C–C–N with tert-alkyl or cyclic N) is 1. The van der Waals surface area contributed by atoms with Crippen LogP contribution in [0.2, 0.25) is 0 Å². The first-order valence-corrected chi connectivity index (χ1v) is 6.03. The van der Waals surface area contributed by atoms with Crippen LogP contribution < -0.4 is 4.74 Å². The zero-order chi connectivity index (χ0) is 13.2. The van der Waals surface area contributed by atoms with E-state index in [4.69, 9.17) is 4.74 Å². The highest BCUT2D eigenvalue weighted by Gasteiger charge is 2.31. The Morgan fingerprint density at radius 1 is 1.56 bits per heavy atom. The molecule has 1 aliphatic heterocycles. The Labute approximate surface area is 106 Å². The van der Waals surface area contributed by atoms with E-state index < -0.39 is 5.60 Å². The van der Waals surface area contributed by atoms with Gasteiger partial charge in [-0.1, -0.05) is 0 Å². The number of ether oxygens (including phenoxy) is 1. The number of methoxy groups -OCH3 is 1. The molecule has 0 bridgehead atoms. The van der Waals surface area contributed by atoms with Crippen LogP contribution in [0.1, 0.15) is 30.1 Å². The molecule has 0 aliphatic carbocycles. The highest BCUT2D eigenvalue weighted by molar-refractivity contribution is 5.94. The number of likely N-dealkylation sites (tertiary alicyclic amines) is 1. The van der Waals surface area contributed by atoms with Gasteiger partial charge in [0.05, 0.1) is 18.3 Å². The van der Waals surface area contributed by atoms with Crippen LogP contribution in [0, 0.1) is 0 Å². The van der Waals surface area contributed by atoms with Gasteiger partial charge in [0.25, 0.3) is 5.91 Å². The molecule has 98 valence electrons. The van der Waals surface area contributed by atoms with Crippen molar-refractivity contribution in [2.24, 2.45) is 0 Å². The van der Waals surface area contributed by atoms with E-state index in [2.05, 4.69) is 4.98 Å². The monoisotopic (exact) mass is 250 g/mol. The smallest absolute Gasteiger partial charge is 0.255 e. The zero-order valence-electron chi connectivity index (χ0n) is 10.7. The Bertz CT molecular complexity index is 428. The molecule has 0 saturated carbocycles. The van der Waals surface area contributed by atoms with Gasteiger partial charge in [-0.25, -0.2) is 4.98 Å². The summed E-state index contributed by atoms with van der Waals surface area (Å²) in [5.41, 5.74) is -0.262. The Morgan fingerprint density at radius 2 is 2.33 bits per heavy atom. The largest absolute Gasteiger partial charge is 0.481 e. The van der Waals surface area contributed by atoms with E-state index in [9.17, 15) is 9.90 Å². The Morgan fingerprint density at radius 3 is 2.89 bits per heavy atom. The Balaban J connectivity index is 2.10. The SMILES string of the molecule is COc1ccc(C(=O)N2CCCC(C)(O)C2)cn1. The van der Waals surface area contributed by atoms with E-state index in [1.54, 1.807) is 24.0 Å². The van der Waals surface area contributed by atoms with Gasteiger partial charge in [0.2, 0.25) is 5.88 Å². The lowest BCUT2D eigenvalue weighted by atomic mass is 9.95. The van der Waals surface area contributed by atoms with Gasteiger partial charge < -0.3 is 14.7 Å². The third kappa shape index (κ3) is 2.79. The molecule has 2 heterocycles. The Kier molecular flexibility index (Phi) is 3.52. The van der Waals surface area contributed by atoms with Gasteiger partial charge >= 0.3 is 0 Å². The van der Waals surface area contributed by atoms with Gasteiger partial charge in [-0.05, 0) is 25.8 Å². The topological polar surface area (TPSA) is 62.7 Å². The van der Waals surface area contributed by atoms with Crippen molar-refractivity contribution in [1.82, 2.24) is 9.88 Å². The third-order valence-corrected chi connectivity index (χ3v) is 3.15. The van der Waals surface area contributed by atoms with Crippen LogP contribution in [0.5, 0.6) is 5.88 Å². The van der Waals surface area contributed by atoms with Crippen LogP contribution in [-0.4, -0.2) is 46.7 Å². The van der Waals surface area contributed by atoms with E-state index in [1.807, 2.05) is 0 Å². The summed E-state index contributed by atoms with van der Waals surface area (Å²) in [7, 11) is 1.53. The van der Waals surface area contributed by atoms with Crippen LogP contribution in [0.3, 0.4) is 0 Å². The van der Waals surface area contributed by atoms with Crippen LogP contribution in [0.25, 0.3) is 0 Å². The van der Waals surface area contributed by atoms with Crippen LogP contribution >= 0.6 is 0 Å². The highest BCUT2D eigenvalue weighted by Crippen LogP contribution is 2.22. The zero-order valence-corrected chi connectivity index (χ0v) is 10.7. The summed E-state index contributed by atoms with van der Waals surface area (Å²) in [6, 6.07) is 3.35. The molecule has 1 aromatic heterocycles. The maximum absolute atomic E-state index is 12.2. The summed E-state index contributed by atoms with van der Waals surface area (Å²) >= 11 is 0. The second kappa shape index (κ2) is 4.94. The molecule has 0 aromatic carbocycles. The number of amides is 1. The van der Waals surface area contributed by atoms with Crippen molar-refractivity contribution in [1.29, 1.82) is 0 Å². The molecule has 1 aromatic rings. The number of carbonyl (C=O) groups excluding carboxylic acids is 1. The maximum atomic E-state index is 12.2. The summed E-state index contributed by atoms with van der Waals surface area (Å²) in [4.78, 5) is 17.9. The van der Waals surface area contributed by atoms with Crippen molar-refractivity contribution in [3.05, 3.63) is 23.9 Å². The quantitative estimate of drug-likeness (QED) is 0.853. The molecule has 1 atom stereocenters. The van der Waals surface area contributed by atoms with Crippen LogP contribution in [0.15, 0.2) is 18.3 Å². The fourth-order valence-corrected chi connectivity index (χ4v) is 2.20. The minimum Gasteiger partial charge on any atom is -0.481 e. The van der Waals surface area contributed by atoms with E-state index in [0.29, 0.717) is 24.5 Å². The van der Waals surface area contributed by atoms with Crippen LogP contribution in [-0.2, 0) is 0 Å². The predicted octanol–water partition coefficient (Wildman–Crippen LogP) is 1.08. The summed E-state index contributed by atoms with van der Waals surface area (Å²) in [6.07, 6.45) is 3.06. The lowest BCUT2D eigenvalue weighted by Crippen LogP contribution is -2.48. The normalized spacial score (nSPS) is 23.8. The third-order valence-electron chi connectivity index (χ3n) is 3.15. The number of hydrogen-bond acceptors (Lipinski definition) is 4. The van der Waals surface area contributed by atoms with Crippen molar-refractivity contribution in [3.8, 4) is 5.88 Å². The number of aliphatic hydroxyl groups is 1. The summed E-state index contributed by atoms with van der Waals surface area (Å²) < 4.78 is 4.95. The molecule has 5 nitrogen and oxygen atoms in total. The molecule has 1 amide bonds. The van der Waals surface area contributed by atoms with Crippen LogP contribution in [0.4, 0.5) is 0 Å². The Hall–Kier alpha value is -1.62. The van der Waals surface area contributed by atoms with E-state index in [1.165, 1.54) is 13.3 Å². The van der Waals surface area contributed by atoms with Gasteiger partial charge in [0, 0.05) is 25.4 Å². The van der Waals surface area contributed by atoms with E-state index in [-0.39, 0.29) is 5.91 Å². The molecule has 18 heavy (non-hydrogen) atoms. The van der Waals surface area contributed by atoms with Crippen molar-refractivity contribution < 1.29 is 14.6 Å². The highest BCUT2D eigenvalue weighted by atomic mass is 16.5. The second-order valence-corrected chi connectivity index (χ2v) is 4.92. The fraction of sp³-hybridized carbons (Fsp3) is 0.538. The molecule has 1 saturated heterocycles. The first kappa shape index (κ1) is 12.8. The minimum absolute atomic E-state index is 0.0925. The molecule has 1 aliphatic rings. The molecular weight excluding hydrogens is 232 g/mol. The van der Waals surface area contributed by atoms with Crippen molar-refractivity contribution >= 4 is 5.91 Å². The van der Waals surface area contributed by atoms with E-state index in [0.717, 1.165) is 12.8 Å². The van der Waals surface area contributed by atoms with Crippen molar-refractivity contribution in [2.45, 2.75) is 25.4 Å². The second-order valence-electron chi connectivity index (χ2n) is 4.92. The molecular formula is C13H18N2O3. The van der Waals surface area contributed by atoms with Crippen molar-refractivity contribution in [3.63, 3.8) is 0 Å².